The van der Waals surface area contributed by atoms with Crippen molar-refractivity contribution in [1.29, 1.82) is 0 Å². The molecule has 0 saturated carbocycles. The Morgan fingerprint density at radius 3 is 1.66 bits per heavy atom. The van der Waals surface area contributed by atoms with Crippen molar-refractivity contribution in [3.05, 3.63) is 112 Å². The van der Waals surface area contributed by atoms with Gasteiger partial charge < -0.3 is 42.5 Å². The maximum absolute atomic E-state index is 13.9. The lowest BCUT2D eigenvalue weighted by Crippen LogP contribution is -2.59. The van der Waals surface area contributed by atoms with E-state index < -0.39 is 89.1 Å². The second-order valence-electron chi connectivity index (χ2n) is 13.7. The molecule has 3 rings (SSSR count). The van der Waals surface area contributed by atoms with Crippen LogP contribution in [-0.2, 0) is 52.8 Å². The molecule has 5 atom stereocenters. The Hall–Kier alpha value is -7.05. The molecule has 19 heteroatoms. The molecule has 19 nitrogen and oxygen atoms in total. The highest BCUT2D eigenvalue weighted by Crippen LogP contribution is 2.12. The van der Waals surface area contributed by atoms with Gasteiger partial charge in [0, 0.05) is 25.7 Å². The van der Waals surface area contributed by atoms with Crippen LogP contribution in [0.5, 0.6) is 5.75 Å². The van der Waals surface area contributed by atoms with Gasteiger partial charge >= 0.3 is 5.97 Å². The average Bonchev–Trinajstić information content (AvgIpc) is 3.17. The number of amides is 6. The fourth-order valence-corrected chi connectivity index (χ4v) is 5.71. The van der Waals surface area contributed by atoms with E-state index in [9.17, 15) is 53.9 Å². The van der Waals surface area contributed by atoms with Crippen molar-refractivity contribution in [2.75, 3.05) is 6.54 Å². The Morgan fingerprint density at radius 1 is 0.655 bits per heavy atom. The van der Waals surface area contributed by atoms with Crippen molar-refractivity contribution in [1.82, 2.24) is 32.0 Å². The molecule has 3 aromatic carbocycles. The van der Waals surface area contributed by atoms with Gasteiger partial charge in [-0.05, 0) is 41.2 Å². The molecule has 0 radical (unpaired) electrons. The van der Waals surface area contributed by atoms with E-state index in [0.717, 1.165) is 0 Å². The lowest BCUT2D eigenvalue weighted by Gasteiger charge is -2.27. The van der Waals surface area contributed by atoms with Gasteiger partial charge in [0.2, 0.25) is 35.4 Å². The highest BCUT2D eigenvalue weighted by Gasteiger charge is 2.33. The Labute approximate surface area is 333 Å². The SMILES string of the molecule is CC(C)[C@H](NC(=O)CNC(=O)[C@H](Cc1ccc(O)cc1)N[N+](=O)[O-])C(=O)N[C@@H](Cc1ccccc1)C(=O)N[C@@H](CCC(N)=O)C(=O)N[C@@H](Cc1ccccc1)C(=O)O. The maximum Gasteiger partial charge on any atom is 0.326 e. The third-order valence-corrected chi connectivity index (χ3v) is 8.77. The Bertz CT molecular complexity index is 1900. The first-order valence-corrected chi connectivity index (χ1v) is 18.3. The Morgan fingerprint density at radius 2 is 1.14 bits per heavy atom. The molecule has 0 aliphatic rings. The van der Waals surface area contributed by atoms with E-state index in [2.05, 4.69) is 26.6 Å². The topological polar surface area (TPSA) is 301 Å². The standard InChI is InChI=1S/C39H48N8O11/c1-23(2)34(45-33(50)22-41-35(51)30(46-47(57)58)20-26-13-15-27(48)16-14-26)38(54)43-29(19-24-9-5-3-6-10-24)37(53)42-28(17-18-32(40)49)36(52)44-31(39(55)56)21-25-11-7-4-8-12-25/h3-16,23,28-31,34,46,48H,17-22H2,1-2H3,(H2,40,49)(H,41,51)(H,42,53)(H,43,54)(H,44,52)(H,45,50)(H,55,56)/t28-,29-,30-,31-,34-/m0/s1. The predicted molar refractivity (Wildman–Crippen MR) is 208 cm³/mol. The zero-order valence-electron chi connectivity index (χ0n) is 31.9. The minimum Gasteiger partial charge on any atom is -0.508 e. The predicted octanol–water partition coefficient (Wildman–Crippen LogP) is -0.368. The van der Waals surface area contributed by atoms with Crippen LogP contribution in [0.1, 0.15) is 43.4 Å². The van der Waals surface area contributed by atoms with Gasteiger partial charge in [0.25, 0.3) is 0 Å². The highest BCUT2D eigenvalue weighted by atomic mass is 16.7. The first kappa shape index (κ1) is 45.3. The summed E-state index contributed by atoms with van der Waals surface area (Å²) < 4.78 is 0. The summed E-state index contributed by atoms with van der Waals surface area (Å²) in [4.78, 5) is 102. The van der Waals surface area contributed by atoms with Gasteiger partial charge in [-0.25, -0.2) is 14.9 Å². The van der Waals surface area contributed by atoms with Crippen molar-refractivity contribution < 1.29 is 48.8 Å². The molecule has 10 N–H and O–H groups in total. The number of rotatable bonds is 23. The van der Waals surface area contributed by atoms with Crippen LogP contribution in [0.2, 0.25) is 0 Å². The fraction of sp³-hybridized carbons (Fsp3) is 0.359. The number of carboxylic acid groups (broad SMARTS) is 1. The van der Waals surface area contributed by atoms with Crippen LogP contribution < -0.4 is 37.7 Å². The van der Waals surface area contributed by atoms with Crippen LogP contribution in [-0.4, -0.2) is 93.4 Å². The van der Waals surface area contributed by atoms with Crippen molar-refractivity contribution in [2.24, 2.45) is 11.7 Å². The molecule has 0 spiro atoms. The van der Waals surface area contributed by atoms with Crippen LogP contribution in [0.4, 0.5) is 0 Å². The number of primary amides is 1. The van der Waals surface area contributed by atoms with Gasteiger partial charge in [0.15, 0.2) is 11.1 Å². The van der Waals surface area contributed by atoms with E-state index in [1.54, 1.807) is 74.5 Å². The summed E-state index contributed by atoms with van der Waals surface area (Å²) >= 11 is 0. The number of nitrogens with zero attached hydrogens (tertiary/aromatic N) is 1. The largest absolute Gasteiger partial charge is 0.508 e. The minimum absolute atomic E-state index is 0.0444. The smallest absolute Gasteiger partial charge is 0.326 e. The number of hydrogen-bond donors (Lipinski definition) is 9. The number of nitrogens with one attached hydrogen (secondary N) is 6. The highest BCUT2D eigenvalue weighted by molar-refractivity contribution is 5.96. The van der Waals surface area contributed by atoms with Gasteiger partial charge in [0.1, 0.15) is 29.9 Å². The normalized spacial score (nSPS) is 13.4. The Balaban J connectivity index is 1.75. The molecule has 6 amide bonds. The Kier molecular flexibility index (Phi) is 17.6. The molecule has 0 fully saturated rings. The second-order valence-corrected chi connectivity index (χ2v) is 13.7. The zero-order valence-corrected chi connectivity index (χ0v) is 31.9. The van der Waals surface area contributed by atoms with Gasteiger partial charge in [-0.2, -0.15) is 0 Å². The molecule has 310 valence electrons. The van der Waals surface area contributed by atoms with Crippen LogP contribution in [0.15, 0.2) is 84.9 Å². The zero-order chi connectivity index (χ0) is 42.8. The molecule has 0 aliphatic heterocycles. The molecule has 0 aliphatic carbocycles. The number of carboxylic acids is 1. The summed E-state index contributed by atoms with van der Waals surface area (Å²) in [5, 5.41) is 42.0. The molecular weight excluding hydrogens is 756 g/mol. The van der Waals surface area contributed by atoms with E-state index >= 15 is 0 Å². The molecule has 0 heterocycles. The van der Waals surface area contributed by atoms with E-state index in [1.165, 1.54) is 24.3 Å². The van der Waals surface area contributed by atoms with Gasteiger partial charge in [-0.1, -0.05) is 86.6 Å². The van der Waals surface area contributed by atoms with Crippen LogP contribution >= 0.6 is 0 Å². The molecule has 0 bridgehead atoms. The van der Waals surface area contributed by atoms with Crippen LogP contribution in [0, 0.1) is 16.0 Å². The summed E-state index contributed by atoms with van der Waals surface area (Å²) in [7, 11) is 0. The van der Waals surface area contributed by atoms with Crippen LogP contribution in [0.3, 0.4) is 0 Å². The first-order chi connectivity index (χ1) is 27.5. The van der Waals surface area contributed by atoms with Gasteiger partial charge in [0.05, 0.1) is 6.54 Å². The van der Waals surface area contributed by atoms with Gasteiger partial charge in [-0.3, -0.25) is 28.8 Å². The number of carbonyl (C=O) groups excluding carboxylic acids is 6. The van der Waals surface area contributed by atoms with Gasteiger partial charge in [-0.15, -0.1) is 5.43 Å². The summed E-state index contributed by atoms with van der Waals surface area (Å²) in [6, 6.07) is 15.8. The third kappa shape index (κ3) is 15.6. The first-order valence-electron chi connectivity index (χ1n) is 18.3. The van der Waals surface area contributed by atoms with Crippen molar-refractivity contribution in [2.45, 2.75) is 76.2 Å². The lowest BCUT2D eigenvalue weighted by molar-refractivity contribution is -0.548. The quantitative estimate of drug-likeness (QED) is 0.0438. The number of aliphatic carboxylic acids is 1. The summed E-state index contributed by atoms with van der Waals surface area (Å²) in [6.07, 6.45) is -0.958. The number of phenols is 1. The number of hydrazine groups is 1. The number of hydrogen-bond acceptors (Lipinski definition) is 10. The number of aromatic hydroxyl groups is 1. The molecule has 0 saturated heterocycles. The maximum atomic E-state index is 13.9. The molecule has 0 unspecified atom stereocenters. The lowest BCUT2D eigenvalue weighted by atomic mass is 10.00. The van der Waals surface area contributed by atoms with Crippen molar-refractivity contribution in [3.63, 3.8) is 0 Å². The minimum atomic E-state index is -1.44. The van der Waals surface area contributed by atoms with Crippen molar-refractivity contribution in [3.8, 4) is 5.75 Å². The van der Waals surface area contributed by atoms with E-state index in [4.69, 9.17) is 5.73 Å². The fourth-order valence-electron chi connectivity index (χ4n) is 5.71. The number of benzene rings is 3. The summed E-state index contributed by atoms with van der Waals surface area (Å²) in [6.45, 7) is 2.55. The number of nitro groups is 1. The molecule has 0 aromatic heterocycles. The summed E-state index contributed by atoms with van der Waals surface area (Å²) in [5.41, 5.74) is 8.93. The van der Waals surface area contributed by atoms with E-state index in [0.29, 0.717) is 16.7 Å². The number of phenolic OH excluding ortho intramolecular Hbond substituents is 1. The van der Waals surface area contributed by atoms with E-state index in [1.807, 2.05) is 5.43 Å². The number of nitrogens with two attached hydrogens (primary N) is 1. The van der Waals surface area contributed by atoms with Crippen molar-refractivity contribution >= 4 is 41.4 Å². The molecular formula is C39H48N8O11. The second kappa shape index (κ2) is 22.5. The molecule has 58 heavy (non-hydrogen) atoms. The number of carbonyl (C=O) groups is 7. The third-order valence-electron chi connectivity index (χ3n) is 8.77. The molecule has 3 aromatic rings. The van der Waals surface area contributed by atoms with E-state index in [-0.39, 0.29) is 37.9 Å². The summed E-state index contributed by atoms with van der Waals surface area (Å²) in [5.74, 6) is -7.03. The average molecular weight is 805 g/mol. The monoisotopic (exact) mass is 804 g/mol. The van der Waals surface area contributed by atoms with Crippen LogP contribution in [0.25, 0.3) is 0 Å².